The van der Waals surface area contributed by atoms with Crippen LogP contribution in [-0.2, 0) is 15.8 Å². The number of hydrogen-bond donors (Lipinski definition) is 1. The quantitative estimate of drug-likeness (QED) is 0.581. The van der Waals surface area contributed by atoms with Crippen LogP contribution in [0.25, 0.3) is 0 Å². The lowest BCUT2D eigenvalue weighted by molar-refractivity contribution is 0.0601. The average Bonchev–Trinajstić information content (AvgIpc) is 2.51. The van der Waals surface area contributed by atoms with Crippen LogP contribution < -0.4 is 0 Å². The van der Waals surface area contributed by atoms with Gasteiger partial charge in [-0.1, -0.05) is 0 Å². The average molecular weight is 206 g/mol. The fourth-order valence-corrected chi connectivity index (χ4v) is 1.94. The predicted octanol–water partition coefficient (Wildman–Crippen LogP) is 1.12. The summed E-state index contributed by atoms with van der Waals surface area (Å²) in [6.45, 7) is 0. The molecule has 0 amide bonds. The van der Waals surface area contributed by atoms with Crippen molar-refractivity contribution >= 4 is 28.4 Å². The summed E-state index contributed by atoms with van der Waals surface area (Å²) in [6.07, 6.45) is 0. The molecule has 0 saturated carbocycles. The summed E-state index contributed by atoms with van der Waals surface area (Å²) in [7, 11) is 1.26. The first kappa shape index (κ1) is 9.37. The van der Waals surface area contributed by atoms with E-state index >= 15 is 0 Å². The molecule has 0 radical (unpaired) electrons. The van der Waals surface area contributed by atoms with Gasteiger partial charge in [-0.05, 0) is 6.07 Å². The Morgan fingerprint density at radius 2 is 2.42 bits per heavy atom. The largest absolute Gasteiger partial charge is 0.465 e. The van der Waals surface area contributed by atoms with Gasteiger partial charge in [-0.15, -0.1) is 11.3 Å². The van der Waals surface area contributed by atoms with Crippen LogP contribution in [0, 0.1) is 0 Å². The zero-order chi connectivity index (χ0) is 9.14. The second-order valence-electron chi connectivity index (χ2n) is 1.90. The minimum absolute atomic E-state index is 0.246. The topological polar surface area (TPSA) is 63.6 Å². The summed E-state index contributed by atoms with van der Waals surface area (Å²) in [5.74, 6) is -0.497. The minimum Gasteiger partial charge on any atom is -0.465 e. The van der Waals surface area contributed by atoms with Crippen molar-refractivity contribution in [1.29, 1.82) is 0 Å². The third kappa shape index (κ3) is 1.90. The monoisotopic (exact) mass is 206 g/mol. The lowest BCUT2D eigenvalue weighted by atomic mass is 10.3. The van der Waals surface area contributed by atoms with E-state index in [1.165, 1.54) is 18.6 Å². The van der Waals surface area contributed by atoms with Crippen molar-refractivity contribution in [3.8, 4) is 0 Å². The van der Waals surface area contributed by atoms with Crippen LogP contribution in [0.4, 0.5) is 0 Å². The van der Waals surface area contributed by atoms with E-state index in [2.05, 4.69) is 4.74 Å². The van der Waals surface area contributed by atoms with Gasteiger partial charge in [0.15, 0.2) is 11.1 Å². The molecule has 1 atom stereocenters. The van der Waals surface area contributed by atoms with E-state index in [4.69, 9.17) is 4.55 Å². The highest BCUT2D eigenvalue weighted by molar-refractivity contribution is 7.81. The van der Waals surface area contributed by atoms with Gasteiger partial charge in [-0.25, -0.2) is 9.00 Å². The van der Waals surface area contributed by atoms with E-state index < -0.39 is 17.0 Å². The molecule has 66 valence electrons. The molecule has 0 fully saturated rings. The maximum absolute atomic E-state index is 10.9. The van der Waals surface area contributed by atoms with Crippen molar-refractivity contribution in [2.75, 3.05) is 7.11 Å². The zero-order valence-corrected chi connectivity index (χ0v) is 7.78. The van der Waals surface area contributed by atoms with Gasteiger partial charge in [0.1, 0.15) is 4.21 Å². The highest BCUT2D eigenvalue weighted by atomic mass is 32.2. The molecular weight excluding hydrogens is 200 g/mol. The second kappa shape index (κ2) is 3.79. The van der Waals surface area contributed by atoms with E-state index in [0.717, 1.165) is 11.3 Å². The SMILES string of the molecule is COC(=O)c1csc(S(=O)O)c1. The number of ether oxygens (including phenoxy) is 1. The molecule has 1 aromatic rings. The number of carbonyl (C=O) groups excluding carboxylic acids is 1. The number of methoxy groups -OCH3 is 1. The molecule has 1 N–H and O–H groups in total. The maximum atomic E-state index is 10.9. The van der Waals surface area contributed by atoms with Crippen LogP contribution >= 0.6 is 11.3 Å². The van der Waals surface area contributed by atoms with Gasteiger partial charge >= 0.3 is 5.97 Å². The van der Waals surface area contributed by atoms with E-state index in [0.29, 0.717) is 5.56 Å². The zero-order valence-electron chi connectivity index (χ0n) is 6.14. The molecule has 0 bridgehead atoms. The van der Waals surface area contributed by atoms with Crippen LogP contribution in [0.15, 0.2) is 15.7 Å². The molecule has 1 rings (SSSR count). The molecule has 0 aliphatic carbocycles. The standard InChI is InChI=1S/C6H6O4S2/c1-10-6(7)4-2-5(11-3-4)12(8)9/h2-3H,1H3,(H,8,9). The Morgan fingerprint density at radius 3 is 2.83 bits per heavy atom. The van der Waals surface area contributed by atoms with Gasteiger partial charge in [-0.2, -0.15) is 0 Å². The Hall–Kier alpha value is -0.720. The van der Waals surface area contributed by atoms with Crippen molar-refractivity contribution in [3.63, 3.8) is 0 Å². The summed E-state index contributed by atoms with van der Waals surface area (Å²) in [4.78, 5) is 10.9. The van der Waals surface area contributed by atoms with E-state index in [1.807, 2.05) is 0 Å². The van der Waals surface area contributed by atoms with Gasteiger partial charge in [0.2, 0.25) is 0 Å². The molecule has 0 saturated heterocycles. The lowest BCUT2D eigenvalue weighted by Gasteiger charge is -1.91. The Bertz CT molecular complexity index is 317. The fraction of sp³-hybridized carbons (Fsp3) is 0.167. The Balaban J connectivity index is 2.91. The minimum atomic E-state index is -2.02. The molecule has 0 aromatic carbocycles. The molecular formula is C6H6O4S2. The Morgan fingerprint density at radius 1 is 1.75 bits per heavy atom. The van der Waals surface area contributed by atoms with Crippen LogP contribution in [0.1, 0.15) is 10.4 Å². The van der Waals surface area contributed by atoms with Crippen molar-refractivity contribution in [3.05, 3.63) is 17.0 Å². The Kier molecular flexibility index (Phi) is 2.96. The number of rotatable bonds is 2. The van der Waals surface area contributed by atoms with Crippen molar-refractivity contribution in [1.82, 2.24) is 0 Å². The van der Waals surface area contributed by atoms with Gasteiger partial charge in [0.25, 0.3) is 0 Å². The number of esters is 1. The van der Waals surface area contributed by atoms with Crippen LogP contribution in [0.3, 0.4) is 0 Å². The second-order valence-corrected chi connectivity index (χ2v) is 4.00. The predicted molar refractivity (Wildman–Crippen MR) is 44.7 cm³/mol. The normalized spacial score (nSPS) is 12.5. The molecule has 0 aliphatic rings. The molecule has 12 heavy (non-hydrogen) atoms. The molecule has 0 aliphatic heterocycles. The molecule has 0 spiro atoms. The fourth-order valence-electron chi connectivity index (χ4n) is 0.633. The van der Waals surface area contributed by atoms with Crippen LogP contribution in [-0.4, -0.2) is 21.8 Å². The van der Waals surface area contributed by atoms with Crippen LogP contribution in [0.2, 0.25) is 0 Å². The summed E-state index contributed by atoms with van der Waals surface area (Å²) in [5, 5.41) is 1.48. The number of carbonyl (C=O) groups is 1. The first-order chi connectivity index (χ1) is 5.65. The highest BCUT2D eigenvalue weighted by Gasteiger charge is 2.10. The van der Waals surface area contributed by atoms with Crippen molar-refractivity contribution in [2.24, 2.45) is 0 Å². The van der Waals surface area contributed by atoms with Crippen molar-refractivity contribution < 1.29 is 18.3 Å². The summed E-state index contributed by atoms with van der Waals surface area (Å²) in [5.41, 5.74) is 0.305. The molecule has 4 nitrogen and oxygen atoms in total. The molecule has 1 unspecified atom stereocenters. The Labute approximate surface area is 75.5 Å². The van der Waals surface area contributed by atoms with Crippen molar-refractivity contribution in [2.45, 2.75) is 4.21 Å². The first-order valence-electron chi connectivity index (χ1n) is 2.93. The van der Waals surface area contributed by atoms with Crippen LogP contribution in [0.5, 0.6) is 0 Å². The summed E-state index contributed by atoms with van der Waals surface area (Å²) < 4.78 is 23.8. The molecule has 6 heteroatoms. The summed E-state index contributed by atoms with van der Waals surface area (Å²) in [6, 6.07) is 1.34. The number of hydrogen-bond acceptors (Lipinski definition) is 4. The maximum Gasteiger partial charge on any atom is 0.338 e. The van der Waals surface area contributed by atoms with E-state index in [-0.39, 0.29) is 4.21 Å². The van der Waals surface area contributed by atoms with Gasteiger partial charge < -0.3 is 9.29 Å². The third-order valence-electron chi connectivity index (χ3n) is 1.17. The van der Waals surface area contributed by atoms with E-state index in [9.17, 15) is 9.00 Å². The smallest absolute Gasteiger partial charge is 0.338 e. The van der Waals surface area contributed by atoms with Gasteiger partial charge in [0.05, 0.1) is 12.7 Å². The third-order valence-corrected chi connectivity index (χ3v) is 3.07. The summed E-state index contributed by atoms with van der Waals surface area (Å²) >= 11 is -0.966. The van der Waals surface area contributed by atoms with Gasteiger partial charge in [0, 0.05) is 5.38 Å². The lowest BCUT2D eigenvalue weighted by Crippen LogP contribution is -1.98. The highest BCUT2D eigenvalue weighted by Crippen LogP contribution is 2.17. The molecule has 1 aromatic heterocycles. The number of thiophene rings is 1. The molecule has 1 heterocycles. The first-order valence-corrected chi connectivity index (χ1v) is 4.91. The van der Waals surface area contributed by atoms with E-state index in [1.54, 1.807) is 0 Å². The van der Waals surface area contributed by atoms with Gasteiger partial charge in [-0.3, -0.25) is 0 Å².